The van der Waals surface area contributed by atoms with Crippen LogP contribution in [0, 0.1) is 0 Å². The van der Waals surface area contributed by atoms with Gasteiger partial charge in [-0.1, -0.05) is 60.7 Å². The van der Waals surface area contributed by atoms with Crippen LogP contribution in [0.25, 0.3) is 0 Å². The van der Waals surface area contributed by atoms with Crippen molar-refractivity contribution in [2.24, 2.45) is 0 Å². The predicted octanol–water partition coefficient (Wildman–Crippen LogP) is 3.94. The average Bonchev–Trinajstić information content (AvgIpc) is 2.59. The number of benzene rings is 2. The molecule has 2 amide bonds. The first kappa shape index (κ1) is 17.1. The molecule has 0 aromatic heterocycles. The lowest BCUT2D eigenvalue weighted by atomic mass is 10.1. The lowest BCUT2D eigenvalue weighted by Gasteiger charge is -2.14. The van der Waals surface area contributed by atoms with Crippen molar-refractivity contribution in [1.29, 1.82) is 0 Å². The van der Waals surface area contributed by atoms with Gasteiger partial charge in [-0.05, 0) is 43.7 Å². The molecule has 0 spiro atoms. The highest BCUT2D eigenvalue weighted by Crippen LogP contribution is 2.05. The van der Waals surface area contributed by atoms with Crippen molar-refractivity contribution >= 4 is 6.03 Å². The van der Waals surface area contributed by atoms with E-state index in [2.05, 4.69) is 34.9 Å². The van der Waals surface area contributed by atoms with E-state index >= 15 is 0 Å². The third-order valence-corrected chi connectivity index (χ3v) is 3.86. The first-order chi connectivity index (χ1) is 11.2. The van der Waals surface area contributed by atoms with Crippen LogP contribution in [0.2, 0.25) is 0 Å². The summed E-state index contributed by atoms with van der Waals surface area (Å²) >= 11 is 0. The predicted molar refractivity (Wildman–Crippen MR) is 95.5 cm³/mol. The molecule has 2 aromatic carbocycles. The molecule has 0 heterocycles. The van der Waals surface area contributed by atoms with Gasteiger partial charge in [-0.15, -0.1) is 0 Å². The van der Waals surface area contributed by atoms with Gasteiger partial charge in [-0.25, -0.2) is 4.79 Å². The second-order valence-corrected chi connectivity index (χ2v) is 5.91. The number of nitrogens with one attached hydrogen (secondary N) is 2. The minimum Gasteiger partial charge on any atom is -0.338 e. The highest BCUT2D eigenvalue weighted by Gasteiger charge is 2.06. The molecule has 2 rings (SSSR count). The van der Waals surface area contributed by atoms with Crippen LogP contribution in [0.3, 0.4) is 0 Å². The van der Waals surface area contributed by atoms with Crippen molar-refractivity contribution in [2.75, 3.05) is 6.54 Å². The average molecular weight is 310 g/mol. The SMILES string of the molecule is CC(CCc1ccccc1)NC(=O)NCCCc1ccccc1. The van der Waals surface area contributed by atoms with Gasteiger partial charge in [-0.2, -0.15) is 0 Å². The number of carbonyl (C=O) groups is 1. The monoisotopic (exact) mass is 310 g/mol. The summed E-state index contributed by atoms with van der Waals surface area (Å²) < 4.78 is 0. The molecule has 2 N–H and O–H groups in total. The van der Waals surface area contributed by atoms with Crippen LogP contribution in [-0.4, -0.2) is 18.6 Å². The van der Waals surface area contributed by atoms with E-state index in [4.69, 9.17) is 0 Å². The zero-order valence-electron chi connectivity index (χ0n) is 13.8. The van der Waals surface area contributed by atoms with Crippen molar-refractivity contribution < 1.29 is 4.79 Å². The zero-order chi connectivity index (χ0) is 16.3. The van der Waals surface area contributed by atoms with Crippen molar-refractivity contribution in [3.8, 4) is 0 Å². The van der Waals surface area contributed by atoms with Gasteiger partial charge in [0.15, 0.2) is 0 Å². The maximum Gasteiger partial charge on any atom is 0.314 e. The number of rotatable bonds is 8. The van der Waals surface area contributed by atoms with Gasteiger partial charge in [0.1, 0.15) is 0 Å². The molecule has 0 aliphatic heterocycles. The molecule has 122 valence electrons. The van der Waals surface area contributed by atoms with E-state index in [0.717, 1.165) is 25.7 Å². The van der Waals surface area contributed by atoms with E-state index in [9.17, 15) is 4.79 Å². The maximum atomic E-state index is 11.9. The van der Waals surface area contributed by atoms with Gasteiger partial charge in [0.05, 0.1) is 0 Å². The van der Waals surface area contributed by atoms with E-state index in [0.29, 0.717) is 6.54 Å². The summed E-state index contributed by atoms with van der Waals surface area (Å²) in [7, 11) is 0. The molecule has 0 aliphatic rings. The number of hydrogen-bond donors (Lipinski definition) is 2. The Morgan fingerprint density at radius 1 is 0.913 bits per heavy atom. The molecule has 3 heteroatoms. The quantitative estimate of drug-likeness (QED) is 0.712. The zero-order valence-corrected chi connectivity index (χ0v) is 13.8. The summed E-state index contributed by atoms with van der Waals surface area (Å²) in [6, 6.07) is 20.8. The maximum absolute atomic E-state index is 11.9. The Morgan fingerprint density at radius 2 is 1.48 bits per heavy atom. The van der Waals surface area contributed by atoms with E-state index in [1.165, 1.54) is 11.1 Å². The van der Waals surface area contributed by atoms with Gasteiger partial charge >= 0.3 is 6.03 Å². The van der Waals surface area contributed by atoms with E-state index in [1.807, 2.05) is 43.3 Å². The molecule has 0 saturated carbocycles. The molecular weight excluding hydrogens is 284 g/mol. The summed E-state index contributed by atoms with van der Waals surface area (Å²) in [5.41, 5.74) is 2.62. The van der Waals surface area contributed by atoms with Gasteiger partial charge in [0.2, 0.25) is 0 Å². The normalized spacial score (nSPS) is 11.7. The Hall–Kier alpha value is -2.29. The number of urea groups is 1. The molecule has 3 nitrogen and oxygen atoms in total. The number of carbonyl (C=O) groups excluding carboxylic acids is 1. The summed E-state index contributed by atoms with van der Waals surface area (Å²) in [5.74, 6) is 0. The standard InChI is InChI=1S/C20H26N2O/c1-17(14-15-19-11-6-3-7-12-19)22-20(23)21-16-8-13-18-9-4-2-5-10-18/h2-7,9-12,17H,8,13-16H2,1H3,(H2,21,22,23). The first-order valence-electron chi connectivity index (χ1n) is 8.36. The van der Waals surface area contributed by atoms with Crippen molar-refractivity contribution in [2.45, 2.75) is 38.6 Å². The molecule has 0 bridgehead atoms. The largest absolute Gasteiger partial charge is 0.338 e. The fourth-order valence-corrected chi connectivity index (χ4v) is 2.51. The van der Waals surface area contributed by atoms with Gasteiger partial charge in [0.25, 0.3) is 0 Å². The minimum absolute atomic E-state index is 0.0707. The van der Waals surface area contributed by atoms with E-state index < -0.39 is 0 Å². The highest BCUT2D eigenvalue weighted by atomic mass is 16.2. The van der Waals surface area contributed by atoms with Crippen molar-refractivity contribution in [3.63, 3.8) is 0 Å². The molecule has 0 aliphatic carbocycles. The number of hydrogen-bond acceptors (Lipinski definition) is 1. The smallest absolute Gasteiger partial charge is 0.314 e. The van der Waals surface area contributed by atoms with Crippen LogP contribution in [0.1, 0.15) is 30.9 Å². The molecule has 0 saturated heterocycles. The van der Waals surface area contributed by atoms with Crippen molar-refractivity contribution in [1.82, 2.24) is 10.6 Å². The van der Waals surface area contributed by atoms with Gasteiger partial charge in [-0.3, -0.25) is 0 Å². The van der Waals surface area contributed by atoms with Crippen LogP contribution < -0.4 is 10.6 Å². The van der Waals surface area contributed by atoms with Crippen LogP contribution in [0.5, 0.6) is 0 Å². The fraction of sp³-hybridized carbons (Fsp3) is 0.350. The fourth-order valence-electron chi connectivity index (χ4n) is 2.51. The third kappa shape index (κ3) is 7.00. The molecule has 2 aromatic rings. The van der Waals surface area contributed by atoms with E-state index in [-0.39, 0.29) is 12.1 Å². The molecule has 1 atom stereocenters. The second-order valence-electron chi connectivity index (χ2n) is 5.91. The Balaban J connectivity index is 1.57. The van der Waals surface area contributed by atoms with Crippen LogP contribution in [-0.2, 0) is 12.8 Å². The van der Waals surface area contributed by atoms with Gasteiger partial charge < -0.3 is 10.6 Å². The summed E-state index contributed by atoms with van der Waals surface area (Å²) in [6.07, 6.45) is 3.87. The highest BCUT2D eigenvalue weighted by molar-refractivity contribution is 5.74. The van der Waals surface area contributed by atoms with Crippen LogP contribution in [0.4, 0.5) is 4.79 Å². The molecule has 23 heavy (non-hydrogen) atoms. The third-order valence-electron chi connectivity index (χ3n) is 3.86. The second kappa shape index (κ2) is 9.67. The first-order valence-corrected chi connectivity index (χ1v) is 8.36. The van der Waals surface area contributed by atoms with Gasteiger partial charge in [0, 0.05) is 12.6 Å². The molecule has 1 unspecified atom stereocenters. The molecule has 0 fully saturated rings. The Kier molecular flexibility index (Phi) is 7.18. The summed E-state index contributed by atoms with van der Waals surface area (Å²) in [6.45, 7) is 2.75. The lowest BCUT2D eigenvalue weighted by molar-refractivity contribution is 0.237. The molecule has 0 radical (unpaired) electrons. The van der Waals surface area contributed by atoms with Crippen LogP contribution in [0.15, 0.2) is 60.7 Å². The van der Waals surface area contributed by atoms with E-state index in [1.54, 1.807) is 0 Å². The lowest BCUT2D eigenvalue weighted by Crippen LogP contribution is -2.41. The van der Waals surface area contributed by atoms with Crippen molar-refractivity contribution in [3.05, 3.63) is 71.8 Å². The topological polar surface area (TPSA) is 41.1 Å². The summed E-state index contributed by atoms with van der Waals surface area (Å²) in [4.78, 5) is 11.9. The Labute approximate surface area is 139 Å². The minimum atomic E-state index is -0.0707. The number of amides is 2. The number of aryl methyl sites for hydroxylation is 2. The molecular formula is C20H26N2O. The van der Waals surface area contributed by atoms with Crippen LogP contribution >= 0.6 is 0 Å². The Bertz CT molecular complexity index is 569. The summed E-state index contributed by atoms with van der Waals surface area (Å²) in [5, 5.41) is 5.93. The Morgan fingerprint density at radius 3 is 2.09 bits per heavy atom.